The van der Waals surface area contributed by atoms with Gasteiger partial charge in [0.25, 0.3) is 5.91 Å². The fourth-order valence-electron chi connectivity index (χ4n) is 1.75. The molecule has 0 aliphatic heterocycles. The number of carbonyl (C=O) groups excluding carboxylic acids is 1. The Labute approximate surface area is 136 Å². The number of nitrogens with one attached hydrogen (secondary N) is 1. The average Bonchev–Trinajstić information content (AvgIpc) is 2.51. The summed E-state index contributed by atoms with van der Waals surface area (Å²) in [6, 6.07) is 12.5. The fraction of sp³-hybridized carbons (Fsp3) is 0.188. The summed E-state index contributed by atoms with van der Waals surface area (Å²) in [5.74, 6) is -0.144. The van der Waals surface area contributed by atoms with Crippen LogP contribution in [0.1, 0.15) is 15.9 Å². The predicted octanol–water partition coefficient (Wildman–Crippen LogP) is 4.21. The van der Waals surface area contributed by atoms with E-state index in [0.717, 1.165) is 5.56 Å². The van der Waals surface area contributed by atoms with E-state index in [9.17, 15) is 18.0 Å². The van der Waals surface area contributed by atoms with E-state index in [1.54, 1.807) is 36.4 Å². The quantitative estimate of drug-likeness (QED) is 0.883. The summed E-state index contributed by atoms with van der Waals surface area (Å²) in [5, 5.41) is 3.25. The predicted molar refractivity (Wildman–Crippen MR) is 80.6 cm³/mol. The van der Waals surface area contributed by atoms with Gasteiger partial charge in [0, 0.05) is 17.1 Å². The zero-order valence-corrected chi connectivity index (χ0v) is 12.6. The Hall–Kier alpha value is -2.21. The molecular formula is C16H13ClF3NO2. The van der Waals surface area contributed by atoms with E-state index in [-0.39, 0.29) is 18.2 Å². The highest BCUT2D eigenvalue weighted by Crippen LogP contribution is 2.19. The number of amides is 1. The van der Waals surface area contributed by atoms with Crippen molar-refractivity contribution in [3.05, 3.63) is 64.7 Å². The Balaban J connectivity index is 1.86. The van der Waals surface area contributed by atoms with Gasteiger partial charge in [0.2, 0.25) is 0 Å². The third kappa shape index (κ3) is 5.83. The maximum atomic E-state index is 12.0. The van der Waals surface area contributed by atoms with E-state index in [2.05, 4.69) is 10.1 Å². The molecule has 1 N–H and O–H groups in total. The number of benzene rings is 2. The minimum Gasteiger partial charge on any atom is -0.484 e. The van der Waals surface area contributed by atoms with Crippen molar-refractivity contribution in [1.82, 2.24) is 5.32 Å². The van der Waals surface area contributed by atoms with Crippen molar-refractivity contribution in [1.29, 1.82) is 0 Å². The summed E-state index contributed by atoms with van der Waals surface area (Å²) in [6.07, 6.45) is -4.37. The average molecular weight is 344 g/mol. The summed E-state index contributed by atoms with van der Waals surface area (Å²) in [7, 11) is 0. The lowest BCUT2D eigenvalue weighted by Crippen LogP contribution is -2.22. The summed E-state index contributed by atoms with van der Waals surface area (Å²) < 4.78 is 40.7. The zero-order valence-electron chi connectivity index (χ0n) is 11.9. The van der Waals surface area contributed by atoms with Gasteiger partial charge in [0.1, 0.15) is 5.75 Å². The van der Waals surface area contributed by atoms with Crippen molar-refractivity contribution in [3.8, 4) is 5.75 Å². The van der Waals surface area contributed by atoms with Gasteiger partial charge < -0.3 is 10.1 Å². The second kappa shape index (κ2) is 7.37. The van der Waals surface area contributed by atoms with Crippen molar-refractivity contribution in [2.45, 2.75) is 12.7 Å². The van der Waals surface area contributed by atoms with Crippen LogP contribution in [0.3, 0.4) is 0 Å². The molecule has 1 amide bonds. The van der Waals surface area contributed by atoms with Crippen LogP contribution in [0.5, 0.6) is 5.75 Å². The summed E-state index contributed by atoms with van der Waals surface area (Å²) in [5.41, 5.74) is 1.21. The Morgan fingerprint density at radius 2 is 1.65 bits per heavy atom. The van der Waals surface area contributed by atoms with Crippen LogP contribution >= 0.6 is 11.6 Å². The van der Waals surface area contributed by atoms with Crippen molar-refractivity contribution in [2.24, 2.45) is 0 Å². The van der Waals surface area contributed by atoms with Crippen LogP contribution in [0.25, 0.3) is 0 Å². The molecule has 23 heavy (non-hydrogen) atoms. The molecule has 0 atom stereocenters. The molecule has 0 aliphatic rings. The van der Waals surface area contributed by atoms with Crippen LogP contribution in [0.15, 0.2) is 48.5 Å². The monoisotopic (exact) mass is 343 g/mol. The zero-order chi connectivity index (χ0) is 16.9. The molecular weight excluding hydrogens is 331 g/mol. The Kier molecular flexibility index (Phi) is 5.50. The molecule has 0 saturated heterocycles. The first kappa shape index (κ1) is 17.1. The van der Waals surface area contributed by atoms with Crippen LogP contribution < -0.4 is 10.1 Å². The van der Waals surface area contributed by atoms with E-state index in [0.29, 0.717) is 10.6 Å². The molecule has 2 rings (SSSR count). The highest BCUT2D eigenvalue weighted by molar-refractivity contribution is 6.30. The molecule has 0 saturated carbocycles. The normalized spacial score (nSPS) is 11.1. The van der Waals surface area contributed by atoms with Crippen molar-refractivity contribution < 1.29 is 22.7 Å². The molecule has 0 unspecified atom stereocenters. The van der Waals surface area contributed by atoms with Gasteiger partial charge in [0.05, 0.1) is 0 Å². The molecule has 7 heteroatoms. The van der Waals surface area contributed by atoms with Crippen molar-refractivity contribution in [2.75, 3.05) is 6.61 Å². The van der Waals surface area contributed by atoms with Gasteiger partial charge >= 0.3 is 6.18 Å². The molecule has 2 aromatic carbocycles. The standard InChI is InChI=1S/C16H13ClF3NO2/c17-13-5-3-12(4-6-13)15(22)21-9-11-1-7-14(8-2-11)23-10-16(18,19)20/h1-8H,9-10H2,(H,21,22). The van der Waals surface area contributed by atoms with Crippen molar-refractivity contribution >= 4 is 17.5 Å². The highest BCUT2D eigenvalue weighted by Gasteiger charge is 2.28. The van der Waals surface area contributed by atoms with Crippen LogP contribution in [-0.2, 0) is 6.54 Å². The summed E-state index contributed by atoms with van der Waals surface area (Å²) in [6.45, 7) is -1.08. The topological polar surface area (TPSA) is 38.3 Å². The summed E-state index contributed by atoms with van der Waals surface area (Å²) in [4.78, 5) is 11.9. The molecule has 2 aromatic rings. The minimum absolute atomic E-state index is 0.120. The first-order valence-electron chi connectivity index (χ1n) is 6.66. The lowest BCUT2D eigenvalue weighted by Gasteiger charge is -2.10. The van der Waals surface area contributed by atoms with E-state index < -0.39 is 12.8 Å². The van der Waals surface area contributed by atoms with Crippen molar-refractivity contribution in [3.63, 3.8) is 0 Å². The lowest BCUT2D eigenvalue weighted by atomic mass is 10.2. The van der Waals surface area contributed by atoms with Crippen LogP contribution in [0.4, 0.5) is 13.2 Å². The number of alkyl halides is 3. The minimum atomic E-state index is -4.37. The highest BCUT2D eigenvalue weighted by atomic mass is 35.5. The van der Waals surface area contributed by atoms with Gasteiger partial charge in [0.15, 0.2) is 6.61 Å². The Bertz CT molecular complexity index is 655. The molecule has 0 heterocycles. The van der Waals surface area contributed by atoms with Gasteiger partial charge in [-0.1, -0.05) is 23.7 Å². The molecule has 3 nitrogen and oxygen atoms in total. The number of rotatable bonds is 5. The number of halogens is 4. The van der Waals surface area contributed by atoms with E-state index in [1.807, 2.05) is 0 Å². The van der Waals surface area contributed by atoms with E-state index >= 15 is 0 Å². The largest absolute Gasteiger partial charge is 0.484 e. The third-order valence-electron chi connectivity index (χ3n) is 2.89. The van der Waals surface area contributed by atoms with Gasteiger partial charge in [-0.15, -0.1) is 0 Å². The fourth-order valence-corrected chi connectivity index (χ4v) is 1.88. The molecule has 0 spiro atoms. The number of carbonyl (C=O) groups is 1. The SMILES string of the molecule is O=C(NCc1ccc(OCC(F)(F)F)cc1)c1ccc(Cl)cc1. The van der Waals surface area contributed by atoms with Crippen LogP contribution in [0, 0.1) is 0 Å². The molecule has 0 fully saturated rings. The summed E-state index contributed by atoms with van der Waals surface area (Å²) >= 11 is 5.74. The Morgan fingerprint density at radius 3 is 2.22 bits per heavy atom. The third-order valence-corrected chi connectivity index (χ3v) is 3.14. The molecule has 0 aliphatic carbocycles. The van der Waals surface area contributed by atoms with Gasteiger partial charge in [-0.05, 0) is 42.0 Å². The van der Waals surface area contributed by atoms with Crippen LogP contribution in [-0.4, -0.2) is 18.7 Å². The maximum Gasteiger partial charge on any atom is 0.422 e. The first-order valence-corrected chi connectivity index (χ1v) is 7.03. The molecule has 0 radical (unpaired) electrons. The molecule has 122 valence electrons. The molecule has 0 aromatic heterocycles. The van der Waals surface area contributed by atoms with E-state index in [4.69, 9.17) is 11.6 Å². The maximum absolute atomic E-state index is 12.0. The van der Waals surface area contributed by atoms with Crippen LogP contribution in [0.2, 0.25) is 5.02 Å². The second-order valence-electron chi connectivity index (χ2n) is 4.74. The second-order valence-corrected chi connectivity index (χ2v) is 5.17. The number of ether oxygens (including phenoxy) is 1. The number of hydrogen-bond donors (Lipinski definition) is 1. The first-order chi connectivity index (χ1) is 10.8. The smallest absolute Gasteiger partial charge is 0.422 e. The lowest BCUT2D eigenvalue weighted by molar-refractivity contribution is -0.153. The van der Waals surface area contributed by atoms with Gasteiger partial charge in [-0.3, -0.25) is 4.79 Å². The Morgan fingerprint density at radius 1 is 1.04 bits per heavy atom. The van der Waals surface area contributed by atoms with Gasteiger partial charge in [-0.25, -0.2) is 0 Å². The number of hydrogen-bond acceptors (Lipinski definition) is 2. The molecule has 0 bridgehead atoms. The van der Waals surface area contributed by atoms with Gasteiger partial charge in [-0.2, -0.15) is 13.2 Å². The van der Waals surface area contributed by atoms with E-state index in [1.165, 1.54) is 12.1 Å².